The quantitative estimate of drug-likeness (QED) is 0.178. The lowest BCUT2D eigenvalue weighted by atomic mass is 9.95. The van der Waals surface area contributed by atoms with Gasteiger partial charge in [0, 0.05) is 13.1 Å². The Kier molecular flexibility index (Phi) is 16.1. The van der Waals surface area contributed by atoms with Crippen LogP contribution < -0.4 is 10.6 Å². The fourth-order valence-electron chi connectivity index (χ4n) is 4.52. The molecule has 0 aliphatic rings. The van der Waals surface area contributed by atoms with E-state index >= 15 is 0 Å². The van der Waals surface area contributed by atoms with Crippen LogP contribution in [0.5, 0.6) is 0 Å². The zero-order valence-corrected chi connectivity index (χ0v) is 26.5. The second-order valence-corrected chi connectivity index (χ2v) is 11.8. The van der Waals surface area contributed by atoms with Crippen molar-refractivity contribution in [1.29, 1.82) is 0 Å². The number of hydrogen-bond donors (Lipinski definition) is 2. The summed E-state index contributed by atoms with van der Waals surface area (Å²) in [6, 6.07) is 5.63. The molecule has 0 spiro atoms. The SMILES string of the molecule is CCCCCCCCN(C(=O)C(NC(=O)OC(C)(C)C)C(C)C)C(C(=O)NCCC(=O)OCC)c1ccccc1C. The molecule has 0 fully saturated rings. The number of nitrogens with zero attached hydrogens (tertiary/aromatic N) is 1. The Hall–Kier alpha value is -3.10. The van der Waals surface area contributed by atoms with Crippen LogP contribution in [0.25, 0.3) is 0 Å². The second-order valence-electron chi connectivity index (χ2n) is 11.8. The number of hydrogen-bond acceptors (Lipinski definition) is 6. The highest BCUT2D eigenvalue weighted by Gasteiger charge is 2.37. The highest BCUT2D eigenvalue weighted by Crippen LogP contribution is 2.27. The summed E-state index contributed by atoms with van der Waals surface area (Å²) in [5.74, 6) is -1.40. The third-order valence-corrected chi connectivity index (χ3v) is 6.62. The summed E-state index contributed by atoms with van der Waals surface area (Å²) in [5.41, 5.74) is 0.829. The van der Waals surface area contributed by atoms with Crippen LogP contribution in [-0.2, 0) is 23.9 Å². The maximum absolute atomic E-state index is 14.3. The standard InChI is InChI=1S/C32H53N3O6/c1-9-11-12-13-14-17-22-35(30(38)27(23(3)4)34-31(39)41-32(6,7)8)28(25-19-16-15-18-24(25)5)29(37)33-21-20-26(36)40-10-2/h15-16,18-19,23,27-28H,9-14,17,20-22H2,1-8H3,(H,33,37)(H,34,39). The predicted molar refractivity (Wildman–Crippen MR) is 161 cm³/mol. The average molecular weight is 576 g/mol. The largest absolute Gasteiger partial charge is 0.466 e. The minimum absolute atomic E-state index is 0.0280. The molecule has 232 valence electrons. The van der Waals surface area contributed by atoms with Crippen molar-refractivity contribution in [2.45, 2.75) is 118 Å². The number of benzene rings is 1. The van der Waals surface area contributed by atoms with Crippen molar-refractivity contribution in [1.82, 2.24) is 15.5 Å². The van der Waals surface area contributed by atoms with Crippen LogP contribution in [0.2, 0.25) is 0 Å². The minimum atomic E-state index is -0.941. The van der Waals surface area contributed by atoms with Crippen molar-refractivity contribution in [3.63, 3.8) is 0 Å². The van der Waals surface area contributed by atoms with Gasteiger partial charge in [-0.05, 0) is 58.1 Å². The number of carbonyl (C=O) groups excluding carboxylic acids is 4. The Morgan fingerprint density at radius 2 is 1.59 bits per heavy atom. The van der Waals surface area contributed by atoms with Crippen molar-refractivity contribution < 1.29 is 28.7 Å². The molecule has 0 saturated carbocycles. The first-order valence-corrected chi connectivity index (χ1v) is 15.1. The monoisotopic (exact) mass is 575 g/mol. The molecule has 0 bridgehead atoms. The van der Waals surface area contributed by atoms with Gasteiger partial charge >= 0.3 is 12.1 Å². The topological polar surface area (TPSA) is 114 Å². The van der Waals surface area contributed by atoms with Gasteiger partial charge in [-0.25, -0.2) is 4.79 Å². The van der Waals surface area contributed by atoms with Gasteiger partial charge in [0.15, 0.2) is 0 Å². The predicted octanol–water partition coefficient (Wildman–Crippen LogP) is 5.84. The van der Waals surface area contributed by atoms with Crippen molar-refractivity contribution in [3.8, 4) is 0 Å². The first kappa shape index (κ1) is 35.9. The van der Waals surface area contributed by atoms with Crippen LogP contribution in [0.3, 0.4) is 0 Å². The third kappa shape index (κ3) is 13.4. The van der Waals surface area contributed by atoms with Crippen LogP contribution in [0.1, 0.15) is 111 Å². The smallest absolute Gasteiger partial charge is 0.408 e. The molecule has 1 aromatic carbocycles. The number of nitrogens with one attached hydrogen (secondary N) is 2. The van der Waals surface area contributed by atoms with E-state index in [4.69, 9.17) is 9.47 Å². The summed E-state index contributed by atoms with van der Waals surface area (Å²) < 4.78 is 10.4. The van der Waals surface area contributed by atoms with Crippen LogP contribution in [0.4, 0.5) is 4.79 Å². The molecule has 1 rings (SSSR count). The number of esters is 1. The second kappa shape index (κ2) is 18.4. The maximum atomic E-state index is 14.3. The molecule has 0 heterocycles. The summed E-state index contributed by atoms with van der Waals surface area (Å²) >= 11 is 0. The number of ether oxygens (including phenoxy) is 2. The van der Waals surface area contributed by atoms with Gasteiger partial charge < -0.3 is 25.0 Å². The lowest BCUT2D eigenvalue weighted by molar-refractivity contribution is -0.145. The lowest BCUT2D eigenvalue weighted by Crippen LogP contribution is -2.55. The summed E-state index contributed by atoms with van der Waals surface area (Å²) in [6.45, 7) is 15.5. The van der Waals surface area contributed by atoms with Crippen molar-refractivity contribution in [2.24, 2.45) is 5.92 Å². The minimum Gasteiger partial charge on any atom is -0.466 e. The van der Waals surface area contributed by atoms with Crippen LogP contribution >= 0.6 is 0 Å². The lowest BCUT2D eigenvalue weighted by Gasteiger charge is -2.36. The third-order valence-electron chi connectivity index (χ3n) is 6.62. The number of carbonyl (C=O) groups is 4. The van der Waals surface area contributed by atoms with E-state index in [1.807, 2.05) is 45.0 Å². The van der Waals surface area contributed by atoms with E-state index in [1.54, 1.807) is 32.6 Å². The number of alkyl carbamates (subject to hydrolysis) is 1. The highest BCUT2D eigenvalue weighted by atomic mass is 16.6. The van der Waals surface area contributed by atoms with Crippen LogP contribution in [-0.4, -0.2) is 60.1 Å². The van der Waals surface area contributed by atoms with Gasteiger partial charge in [-0.1, -0.05) is 77.1 Å². The van der Waals surface area contributed by atoms with Crippen molar-refractivity contribution >= 4 is 23.9 Å². The van der Waals surface area contributed by atoms with Gasteiger partial charge in [-0.2, -0.15) is 0 Å². The van der Waals surface area contributed by atoms with Gasteiger partial charge in [-0.15, -0.1) is 0 Å². The molecule has 2 N–H and O–H groups in total. The van der Waals surface area contributed by atoms with Gasteiger partial charge in [0.05, 0.1) is 13.0 Å². The van der Waals surface area contributed by atoms with Gasteiger partial charge in [0.1, 0.15) is 17.7 Å². The van der Waals surface area contributed by atoms with E-state index in [0.717, 1.165) is 37.7 Å². The van der Waals surface area contributed by atoms with E-state index < -0.39 is 29.7 Å². The Morgan fingerprint density at radius 1 is 0.951 bits per heavy atom. The van der Waals surface area contributed by atoms with E-state index in [0.29, 0.717) is 18.5 Å². The zero-order valence-electron chi connectivity index (χ0n) is 26.5. The molecule has 2 atom stereocenters. The Balaban J connectivity index is 3.40. The Morgan fingerprint density at radius 3 is 2.17 bits per heavy atom. The summed E-state index contributed by atoms with van der Waals surface area (Å²) in [6.07, 6.45) is 5.43. The van der Waals surface area contributed by atoms with E-state index in [9.17, 15) is 19.2 Å². The fraction of sp³-hybridized carbons (Fsp3) is 0.688. The van der Waals surface area contributed by atoms with Crippen molar-refractivity contribution in [2.75, 3.05) is 19.7 Å². The van der Waals surface area contributed by atoms with Gasteiger partial charge in [0.2, 0.25) is 11.8 Å². The van der Waals surface area contributed by atoms with E-state index in [-0.39, 0.29) is 37.3 Å². The Labute approximate surface area is 247 Å². The average Bonchev–Trinajstić information content (AvgIpc) is 2.88. The van der Waals surface area contributed by atoms with Crippen LogP contribution in [0, 0.1) is 12.8 Å². The molecule has 0 saturated heterocycles. The normalized spacial score (nSPS) is 12.8. The van der Waals surface area contributed by atoms with E-state index in [1.165, 1.54) is 0 Å². The van der Waals surface area contributed by atoms with E-state index in [2.05, 4.69) is 17.6 Å². The Bertz CT molecular complexity index is 972. The number of rotatable bonds is 17. The molecule has 41 heavy (non-hydrogen) atoms. The molecular weight excluding hydrogens is 522 g/mol. The summed E-state index contributed by atoms with van der Waals surface area (Å²) in [5, 5.41) is 5.60. The molecule has 2 unspecified atom stereocenters. The maximum Gasteiger partial charge on any atom is 0.408 e. The molecule has 1 aromatic rings. The molecule has 0 aliphatic carbocycles. The zero-order chi connectivity index (χ0) is 31.0. The molecular formula is C32H53N3O6. The number of amides is 3. The summed E-state index contributed by atoms with van der Waals surface area (Å²) in [4.78, 5) is 54.2. The van der Waals surface area contributed by atoms with Gasteiger partial charge in [-0.3, -0.25) is 14.4 Å². The molecule has 0 radical (unpaired) electrons. The number of aryl methyl sites for hydroxylation is 1. The van der Waals surface area contributed by atoms with Crippen molar-refractivity contribution in [3.05, 3.63) is 35.4 Å². The fourth-order valence-corrected chi connectivity index (χ4v) is 4.52. The first-order valence-electron chi connectivity index (χ1n) is 15.1. The first-order chi connectivity index (χ1) is 19.3. The molecule has 0 aromatic heterocycles. The van der Waals surface area contributed by atoms with Crippen LogP contribution in [0.15, 0.2) is 24.3 Å². The summed E-state index contributed by atoms with van der Waals surface area (Å²) in [7, 11) is 0. The molecule has 0 aliphatic heterocycles. The van der Waals surface area contributed by atoms with Gasteiger partial charge in [0.25, 0.3) is 0 Å². The molecule has 3 amide bonds. The molecule has 9 heteroatoms. The highest BCUT2D eigenvalue weighted by molar-refractivity contribution is 5.92. The molecule has 9 nitrogen and oxygen atoms in total. The number of unbranched alkanes of at least 4 members (excludes halogenated alkanes) is 5.